The summed E-state index contributed by atoms with van der Waals surface area (Å²) < 4.78 is 12.7. The third-order valence-corrected chi connectivity index (χ3v) is 6.19. The number of rotatable bonds is 10. The Bertz CT molecular complexity index is 1430. The van der Waals surface area contributed by atoms with E-state index in [1.165, 1.54) is 4.90 Å². The van der Waals surface area contributed by atoms with Crippen LogP contribution in [0.15, 0.2) is 72.9 Å². The van der Waals surface area contributed by atoms with Crippen molar-refractivity contribution in [1.82, 2.24) is 9.38 Å². The molecule has 4 aromatic rings. The lowest BCUT2D eigenvalue weighted by Crippen LogP contribution is -2.35. The van der Waals surface area contributed by atoms with Crippen LogP contribution in [0.1, 0.15) is 35.9 Å². The van der Waals surface area contributed by atoms with Crippen LogP contribution in [0.25, 0.3) is 5.65 Å². The molecule has 0 spiro atoms. The number of esters is 1. The maximum atomic E-state index is 13.1. The van der Waals surface area contributed by atoms with Crippen LogP contribution >= 0.6 is 0 Å². The lowest BCUT2D eigenvalue weighted by atomic mass is 10.1. The van der Waals surface area contributed by atoms with Crippen molar-refractivity contribution >= 4 is 29.2 Å². The van der Waals surface area contributed by atoms with E-state index >= 15 is 0 Å². The number of pyridine rings is 1. The first-order chi connectivity index (χ1) is 18.4. The van der Waals surface area contributed by atoms with E-state index in [1.54, 1.807) is 31.2 Å². The number of para-hydroxylation sites is 1. The van der Waals surface area contributed by atoms with E-state index in [0.717, 1.165) is 29.8 Å². The molecular formula is C29H31N5O4. The molecule has 0 unspecified atom stereocenters. The molecule has 9 heteroatoms. The minimum Gasteiger partial charge on any atom is -0.466 e. The highest BCUT2D eigenvalue weighted by Gasteiger charge is 2.20. The number of amidine groups is 1. The molecule has 0 radical (unpaired) electrons. The van der Waals surface area contributed by atoms with Gasteiger partial charge in [0.1, 0.15) is 17.2 Å². The first-order valence-electron chi connectivity index (χ1n) is 12.5. The van der Waals surface area contributed by atoms with Gasteiger partial charge in [-0.2, -0.15) is 0 Å². The zero-order valence-electron chi connectivity index (χ0n) is 21.5. The van der Waals surface area contributed by atoms with Gasteiger partial charge in [-0.05, 0) is 50.5 Å². The Morgan fingerprint density at radius 1 is 1.05 bits per heavy atom. The number of aryl methyl sites for hydroxylation is 3. The molecular weight excluding hydrogens is 482 g/mol. The van der Waals surface area contributed by atoms with Gasteiger partial charge in [-0.1, -0.05) is 42.5 Å². The van der Waals surface area contributed by atoms with Crippen LogP contribution in [0.5, 0.6) is 5.75 Å². The highest BCUT2D eigenvalue weighted by atomic mass is 16.6. The van der Waals surface area contributed by atoms with Crippen LogP contribution in [0.2, 0.25) is 0 Å². The fourth-order valence-electron chi connectivity index (χ4n) is 4.14. The number of nitrogens with zero attached hydrogens (tertiary/aromatic N) is 3. The SMILES string of the molecule is CCOC(=O)CCN(C(=O)Oc1ccn2c(C)c(CCc3ccc(C(=N)N)cc3)nc2c1)c1ccccc1. The second-order valence-electron chi connectivity index (χ2n) is 8.76. The molecule has 0 saturated carbocycles. The summed E-state index contributed by atoms with van der Waals surface area (Å²) in [4.78, 5) is 31.2. The third kappa shape index (κ3) is 6.36. The van der Waals surface area contributed by atoms with Crippen molar-refractivity contribution in [2.24, 2.45) is 5.73 Å². The minimum atomic E-state index is -0.595. The van der Waals surface area contributed by atoms with E-state index in [1.807, 2.05) is 60.0 Å². The quantitative estimate of drug-likeness (QED) is 0.180. The number of benzene rings is 2. The molecule has 0 aliphatic heterocycles. The Morgan fingerprint density at radius 3 is 2.47 bits per heavy atom. The molecule has 2 heterocycles. The molecule has 0 bridgehead atoms. The summed E-state index contributed by atoms with van der Waals surface area (Å²) in [6, 6.07) is 20.1. The lowest BCUT2D eigenvalue weighted by Gasteiger charge is -2.21. The monoisotopic (exact) mass is 513 g/mol. The summed E-state index contributed by atoms with van der Waals surface area (Å²) in [6.07, 6.45) is 2.81. The number of imidazole rings is 1. The van der Waals surface area contributed by atoms with Crippen molar-refractivity contribution in [2.75, 3.05) is 18.1 Å². The summed E-state index contributed by atoms with van der Waals surface area (Å²) in [5.74, 6) is 0.0314. The van der Waals surface area contributed by atoms with E-state index in [4.69, 9.17) is 25.6 Å². The first kappa shape index (κ1) is 26.4. The van der Waals surface area contributed by atoms with Crippen LogP contribution in [0, 0.1) is 12.3 Å². The molecule has 4 rings (SSSR count). The molecule has 2 aromatic heterocycles. The summed E-state index contributed by atoms with van der Waals surface area (Å²) in [7, 11) is 0. The van der Waals surface area contributed by atoms with Gasteiger partial charge in [-0.25, -0.2) is 9.78 Å². The number of nitrogens with two attached hydrogens (primary N) is 1. The van der Waals surface area contributed by atoms with Gasteiger partial charge in [-0.3, -0.25) is 15.1 Å². The smallest absolute Gasteiger partial charge is 0.419 e. The Hall–Kier alpha value is -4.66. The molecule has 38 heavy (non-hydrogen) atoms. The highest BCUT2D eigenvalue weighted by Crippen LogP contribution is 2.22. The van der Waals surface area contributed by atoms with Crippen molar-refractivity contribution in [1.29, 1.82) is 5.41 Å². The fourth-order valence-corrected chi connectivity index (χ4v) is 4.14. The van der Waals surface area contributed by atoms with Crippen LogP contribution in [0.3, 0.4) is 0 Å². The van der Waals surface area contributed by atoms with Crippen molar-refractivity contribution < 1.29 is 19.1 Å². The second kappa shape index (κ2) is 12.1. The number of aromatic nitrogens is 2. The summed E-state index contributed by atoms with van der Waals surface area (Å²) in [5, 5.41) is 7.52. The van der Waals surface area contributed by atoms with E-state index < -0.39 is 6.09 Å². The van der Waals surface area contributed by atoms with E-state index in [-0.39, 0.29) is 31.4 Å². The molecule has 1 amide bonds. The minimum absolute atomic E-state index is 0.0511. The van der Waals surface area contributed by atoms with Gasteiger partial charge in [-0.15, -0.1) is 0 Å². The topological polar surface area (TPSA) is 123 Å². The molecule has 2 aromatic carbocycles. The van der Waals surface area contributed by atoms with Crippen LogP contribution < -0.4 is 15.4 Å². The third-order valence-electron chi connectivity index (χ3n) is 6.19. The molecule has 0 saturated heterocycles. The van der Waals surface area contributed by atoms with Crippen LogP contribution in [-0.2, 0) is 22.4 Å². The van der Waals surface area contributed by atoms with Gasteiger partial charge in [0.05, 0.1) is 18.7 Å². The van der Waals surface area contributed by atoms with Gasteiger partial charge in [0.15, 0.2) is 0 Å². The summed E-state index contributed by atoms with van der Waals surface area (Å²) in [6.45, 7) is 4.16. The fraction of sp³-hybridized carbons (Fsp3) is 0.241. The zero-order valence-corrected chi connectivity index (χ0v) is 21.5. The molecule has 0 fully saturated rings. The Kier molecular flexibility index (Phi) is 8.37. The largest absolute Gasteiger partial charge is 0.466 e. The van der Waals surface area contributed by atoms with Gasteiger partial charge < -0.3 is 19.6 Å². The van der Waals surface area contributed by atoms with Crippen molar-refractivity contribution in [3.63, 3.8) is 0 Å². The van der Waals surface area contributed by atoms with Gasteiger partial charge in [0.25, 0.3) is 0 Å². The number of ether oxygens (including phenoxy) is 2. The normalized spacial score (nSPS) is 10.8. The number of nitrogen functional groups attached to an aromatic ring is 1. The van der Waals surface area contributed by atoms with Gasteiger partial charge in [0.2, 0.25) is 0 Å². The number of hydrogen-bond donors (Lipinski definition) is 2. The maximum Gasteiger partial charge on any atom is 0.419 e. The molecule has 196 valence electrons. The van der Waals surface area contributed by atoms with Gasteiger partial charge in [0, 0.05) is 35.8 Å². The van der Waals surface area contributed by atoms with Crippen molar-refractivity contribution in [2.45, 2.75) is 33.1 Å². The van der Waals surface area contributed by atoms with Gasteiger partial charge >= 0.3 is 12.1 Å². The zero-order chi connectivity index (χ0) is 27.1. The average molecular weight is 514 g/mol. The predicted octanol–water partition coefficient (Wildman–Crippen LogP) is 4.67. The molecule has 3 N–H and O–H groups in total. The van der Waals surface area contributed by atoms with Crippen molar-refractivity contribution in [3.05, 3.63) is 95.4 Å². The Balaban J connectivity index is 1.47. The second-order valence-corrected chi connectivity index (χ2v) is 8.76. The Morgan fingerprint density at radius 2 is 1.79 bits per heavy atom. The number of hydrogen-bond acceptors (Lipinski definition) is 6. The predicted molar refractivity (Wildman–Crippen MR) is 146 cm³/mol. The van der Waals surface area contributed by atoms with E-state index in [2.05, 4.69) is 0 Å². The highest BCUT2D eigenvalue weighted by molar-refractivity contribution is 5.94. The van der Waals surface area contributed by atoms with Crippen LogP contribution in [-0.4, -0.2) is 40.4 Å². The molecule has 0 aliphatic rings. The lowest BCUT2D eigenvalue weighted by molar-refractivity contribution is -0.142. The van der Waals surface area contributed by atoms with Crippen molar-refractivity contribution in [3.8, 4) is 5.75 Å². The number of carbonyl (C=O) groups is 2. The standard InChI is InChI=1S/C29H31N5O4/c1-3-37-27(35)16-18-34(23-7-5-4-6-8-23)29(36)38-24-15-17-33-20(2)25(32-26(33)19-24)14-11-21-9-12-22(13-10-21)28(30)31/h4-10,12-13,15,17,19H,3,11,14,16,18H2,1-2H3,(H3,30,31). The molecule has 9 nitrogen and oxygen atoms in total. The maximum absolute atomic E-state index is 13.1. The summed E-state index contributed by atoms with van der Waals surface area (Å²) in [5.41, 5.74) is 10.6. The number of fused-ring (bicyclic) bond motifs is 1. The van der Waals surface area contributed by atoms with E-state index in [0.29, 0.717) is 22.6 Å². The number of anilines is 1. The number of nitrogens with one attached hydrogen (secondary N) is 1. The summed E-state index contributed by atoms with van der Waals surface area (Å²) >= 11 is 0. The average Bonchev–Trinajstić information content (AvgIpc) is 3.23. The Labute approximate surface area is 221 Å². The number of amides is 1. The van der Waals surface area contributed by atoms with E-state index in [9.17, 15) is 9.59 Å². The molecule has 0 aliphatic carbocycles. The number of carbonyl (C=O) groups excluding carboxylic acids is 2. The molecule has 0 atom stereocenters. The van der Waals surface area contributed by atoms with Crippen LogP contribution in [0.4, 0.5) is 10.5 Å². The first-order valence-corrected chi connectivity index (χ1v) is 12.5.